The number of hydrogen-bond acceptors (Lipinski definition) is 4. The van der Waals surface area contributed by atoms with Crippen LogP contribution in [0.1, 0.15) is 18.9 Å². The van der Waals surface area contributed by atoms with Gasteiger partial charge in [0.2, 0.25) is 5.91 Å². The third-order valence-corrected chi connectivity index (χ3v) is 4.60. The van der Waals surface area contributed by atoms with Crippen molar-refractivity contribution in [2.45, 2.75) is 31.2 Å². The Kier molecular flexibility index (Phi) is 7.67. The van der Waals surface area contributed by atoms with E-state index in [1.54, 1.807) is 18.9 Å². The molecule has 0 aliphatic heterocycles. The van der Waals surface area contributed by atoms with Crippen molar-refractivity contribution in [2.75, 3.05) is 19.5 Å². The Morgan fingerprint density at radius 1 is 1.08 bits per heavy atom. The van der Waals surface area contributed by atoms with E-state index in [1.165, 1.54) is 10.5 Å². The highest BCUT2D eigenvalue weighted by Crippen LogP contribution is 2.19. The molecule has 1 atom stereocenters. The molecule has 0 spiro atoms. The van der Waals surface area contributed by atoms with E-state index in [0.717, 1.165) is 17.3 Å². The molecule has 0 fully saturated rings. The molecule has 25 heavy (non-hydrogen) atoms. The van der Waals surface area contributed by atoms with Gasteiger partial charge in [0.05, 0.1) is 13.2 Å². The number of rotatable bonds is 9. The normalized spacial score (nSPS) is 11.6. The molecule has 5 heteroatoms. The van der Waals surface area contributed by atoms with Crippen molar-refractivity contribution in [3.63, 3.8) is 0 Å². The first-order valence-corrected chi connectivity index (χ1v) is 9.31. The van der Waals surface area contributed by atoms with E-state index in [9.17, 15) is 4.79 Å². The second kappa shape index (κ2) is 9.99. The van der Waals surface area contributed by atoms with Crippen LogP contribution in [0.4, 0.5) is 0 Å². The van der Waals surface area contributed by atoms with Gasteiger partial charge in [0, 0.05) is 17.1 Å². The molecule has 0 radical (unpaired) electrons. The lowest BCUT2D eigenvalue weighted by atomic mass is 10.2. The summed E-state index contributed by atoms with van der Waals surface area (Å²) in [6, 6.07) is 15.7. The number of amides is 1. The monoisotopic (exact) mass is 359 g/mol. The first kappa shape index (κ1) is 19.2. The first-order chi connectivity index (χ1) is 12.1. The van der Waals surface area contributed by atoms with Gasteiger partial charge in [-0.05, 0) is 50.2 Å². The van der Waals surface area contributed by atoms with Gasteiger partial charge in [-0.25, -0.2) is 0 Å². The van der Waals surface area contributed by atoms with E-state index >= 15 is 0 Å². The van der Waals surface area contributed by atoms with Crippen LogP contribution in [-0.2, 0) is 4.79 Å². The highest BCUT2D eigenvalue weighted by Gasteiger charge is 2.08. The first-order valence-electron chi connectivity index (χ1n) is 8.32. The smallest absolute Gasteiger partial charge is 0.221 e. The quantitative estimate of drug-likeness (QED) is 0.686. The SMILES string of the molecule is COc1ccc(OCC(C)NC(=O)CCSc2ccc(C)cc2)cc1. The van der Waals surface area contributed by atoms with E-state index in [-0.39, 0.29) is 11.9 Å². The minimum Gasteiger partial charge on any atom is -0.497 e. The van der Waals surface area contributed by atoms with Gasteiger partial charge in [-0.1, -0.05) is 17.7 Å². The second-order valence-corrected chi connectivity index (χ2v) is 7.03. The van der Waals surface area contributed by atoms with Gasteiger partial charge in [-0.3, -0.25) is 4.79 Å². The summed E-state index contributed by atoms with van der Waals surface area (Å²) in [5.41, 5.74) is 1.24. The van der Waals surface area contributed by atoms with Crippen LogP contribution >= 0.6 is 11.8 Å². The number of carbonyl (C=O) groups is 1. The molecule has 0 bridgehead atoms. The topological polar surface area (TPSA) is 47.6 Å². The molecule has 1 amide bonds. The number of benzene rings is 2. The van der Waals surface area contributed by atoms with Gasteiger partial charge in [-0.2, -0.15) is 0 Å². The summed E-state index contributed by atoms with van der Waals surface area (Å²) in [5.74, 6) is 2.36. The average Bonchev–Trinajstić information content (AvgIpc) is 2.62. The van der Waals surface area contributed by atoms with Crippen LogP contribution in [0.2, 0.25) is 0 Å². The van der Waals surface area contributed by atoms with E-state index in [4.69, 9.17) is 9.47 Å². The lowest BCUT2D eigenvalue weighted by Crippen LogP contribution is -2.36. The van der Waals surface area contributed by atoms with Crippen molar-refractivity contribution >= 4 is 17.7 Å². The van der Waals surface area contributed by atoms with Gasteiger partial charge < -0.3 is 14.8 Å². The standard InChI is InChI=1S/C20H25NO3S/c1-15-4-10-19(11-5-15)25-13-12-20(22)21-16(2)14-24-18-8-6-17(23-3)7-9-18/h4-11,16H,12-14H2,1-3H3,(H,21,22). The molecular formula is C20H25NO3S. The van der Waals surface area contributed by atoms with Crippen LogP contribution in [-0.4, -0.2) is 31.4 Å². The van der Waals surface area contributed by atoms with Gasteiger partial charge in [0.1, 0.15) is 18.1 Å². The maximum Gasteiger partial charge on any atom is 0.221 e. The number of hydrogen-bond donors (Lipinski definition) is 1. The molecule has 2 aromatic rings. The summed E-state index contributed by atoms with van der Waals surface area (Å²) >= 11 is 1.69. The van der Waals surface area contributed by atoms with Gasteiger partial charge >= 0.3 is 0 Å². The fraction of sp³-hybridized carbons (Fsp3) is 0.350. The number of carbonyl (C=O) groups excluding carboxylic acids is 1. The molecule has 0 saturated carbocycles. The molecule has 0 aliphatic carbocycles. The van der Waals surface area contributed by atoms with Crippen molar-refractivity contribution < 1.29 is 14.3 Å². The predicted octanol–water partition coefficient (Wildman–Crippen LogP) is 4.07. The molecule has 2 rings (SSSR count). The van der Waals surface area contributed by atoms with Crippen molar-refractivity contribution in [3.8, 4) is 11.5 Å². The Balaban J connectivity index is 1.64. The van der Waals surface area contributed by atoms with E-state index in [2.05, 4.69) is 36.5 Å². The molecule has 1 N–H and O–H groups in total. The van der Waals surface area contributed by atoms with Gasteiger partial charge in [-0.15, -0.1) is 11.8 Å². The zero-order valence-corrected chi connectivity index (χ0v) is 15.8. The number of nitrogens with one attached hydrogen (secondary N) is 1. The van der Waals surface area contributed by atoms with E-state index in [1.807, 2.05) is 31.2 Å². The molecular weight excluding hydrogens is 334 g/mol. The number of aryl methyl sites for hydroxylation is 1. The maximum atomic E-state index is 12.0. The third-order valence-electron chi connectivity index (χ3n) is 3.59. The van der Waals surface area contributed by atoms with Crippen LogP contribution < -0.4 is 14.8 Å². The lowest BCUT2D eigenvalue weighted by Gasteiger charge is -2.15. The zero-order chi connectivity index (χ0) is 18.1. The number of methoxy groups -OCH3 is 1. The Morgan fingerprint density at radius 2 is 1.72 bits per heavy atom. The fourth-order valence-corrected chi connectivity index (χ4v) is 3.03. The highest BCUT2D eigenvalue weighted by molar-refractivity contribution is 7.99. The Hall–Kier alpha value is -2.14. The lowest BCUT2D eigenvalue weighted by molar-refractivity contribution is -0.121. The van der Waals surface area contributed by atoms with Crippen molar-refractivity contribution in [3.05, 3.63) is 54.1 Å². The highest BCUT2D eigenvalue weighted by atomic mass is 32.2. The molecule has 0 heterocycles. The number of ether oxygens (including phenoxy) is 2. The summed E-state index contributed by atoms with van der Waals surface area (Å²) < 4.78 is 10.8. The molecule has 2 aromatic carbocycles. The molecule has 0 saturated heterocycles. The molecule has 1 unspecified atom stereocenters. The summed E-state index contributed by atoms with van der Waals surface area (Å²) in [6.45, 7) is 4.44. The van der Waals surface area contributed by atoms with E-state index in [0.29, 0.717) is 13.0 Å². The molecule has 4 nitrogen and oxygen atoms in total. The minimum absolute atomic E-state index is 0.0426. The van der Waals surface area contributed by atoms with Crippen molar-refractivity contribution in [1.82, 2.24) is 5.32 Å². The fourth-order valence-electron chi connectivity index (χ4n) is 2.18. The Morgan fingerprint density at radius 3 is 2.36 bits per heavy atom. The Labute approximate surface area is 153 Å². The Bertz CT molecular complexity index is 656. The molecule has 134 valence electrons. The summed E-state index contributed by atoms with van der Waals surface area (Å²) in [7, 11) is 1.63. The summed E-state index contributed by atoms with van der Waals surface area (Å²) in [6.07, 6.45) is 0.491. The molecule has 0 aromatic heterocycles. The minimum atomic E-state index is -0.0426. The molecule has 0 aliphatic rings. The number of thioether (sulfide) groups is 1. The van der Waals surface area contributed by atoms with Crippen molar-refractivity contribution in [2.24, 2.45) is 0 Å². The van der Waals surface area contributed by atoms with Gasteiger partial charge in [0.25, 0.3) is 0 Å². The van der Waals surface area contributed by atoms with Crippen LogP contribution in [0, 0.1) is 6.92 Å². The van der Waals surface area contributed by atoms with Crippen LogP contribution in [0.3, 0.4) is 0 Å². The maximum absolute atomic E-state index is 12.0. The second-order valence-electron chi connectivity index (χ2n) is 5.87. The van der Waals surface area contributed by atoms with E-state index < -0.39 is 0 Å². The predicted molar refractivity (Wildman–Crippen MR) is 103 cm³/mol. The van der Waals surface area contributed by atoms with Crippen molar-refractivity contribution in [1.29, 1.82) is 0 Å². The average molecular weight is 359 g/mol. The summed E-state index contributed by atoms with van der Waals surface area (Å²) in [5, 5.41) is 2.97. The third kappa shape index (κ3) is 7.10. The largest absolute Gasteiger partial charge is 0.497 e. The van der Waals surface area contributed by atoms with Gasteiger partial charge in [0.15, 0.2) is 0 Å². The zero-order valence-electron chi connectivity index (χ0n) is 15.0. The van der Waals surface area contributed by atoms with Crippen LogP contribution in [0.25, 0.3) is 0 Å². The summed E-state index contributed by atoms with van der Waals surface area (Å²) in [4.78, 5) is 13.2. The van der Waals surface area contributed by atoms with Crippen LogP contribution in [0.5, 0.6) is 11.5 Å². The van der Waals surface area contributed by atoms with Crippen LogP contribution in [0.15, 0.2) is 53.4 Å².